The van der Waals surface area contributed by atoms with Gasteiger partial charge in [0.1, 0.15) is 0 Å². The zero-order chi connectivity index (χ0) is 17.8. The van der Waals surface area contributed by atoms with Gasteiger partial charge in [0.25, 0.3) is 0 Å². The minimum absolute atomic E-state index is 0.0136. The second-order valence-corrected chi connectivity index (χ2v) is 6.06. The second kappa shape index (κ2) is 7.40. The van der Waals surface area contributed by atoms with Gasteiger partial charge in [-0.3, -0.25) is 9.59 Å². The number of rotatable bonds is 6. The maximum absolute atomic E-state index is 12.5. The number of aryl methyl sites for hydroxylation is 1. The summed E-state index contributed by atoms with van der Waals surface area (Å²) in [5.41, 5.74) is 2.56. The van der Waals surface area contributed by atoms with E-state index in [1.54, 1.807) is 34.9 Å². The summed E-state index contributed by atoms with van der Waals surface area (Å²) in [6.45, 7) is 0. The highest BCUT2D eigenvalue weighted by atomic mass is 35.5. The monoisotopic (exact) mass is 353 g/mol. The van der Waals surface area contributed by atoms with E-state index < -0.39 is 0 Å². The lowest BCUT2D eigenvalue weighted by Gasteiger charge is -2.06. The molecule has 0 unspecified atom stereocenters. The molecular weight excluding hydrogens is 338 g/mol. The van der Waals surface area contributed by atoms with Crippen LogP contribution in [0, 0.1) is 0 Å². The number of nitrogens with zero attached hydrogens (tertiary/aromatic N) is 3. The smallest absolute Gasteiger partial charge is 0.222 e. The van der Waals surface area contributed by atoms with Crippen molar-refractivity contribution >= 4 is 23.2 Å². The number of Topliss-reactive ketones (excluding diaryl/α,β-unsaturated/α-hetero) is 2. The second-order valence-electron chi connectivity index (χ2n) is 5.72. The van der Waals surface area contributed by atoms with Gasteiger partial charge in [0, 0.05) is 31.4 Å². The van der Waals surface area contributed by atoms with Crippen LogP contribution in [0.25, 0.3) is 0 Å². The fourth-order valence-corrected chi connectivity index (χ4v) is 2.78. The van der Waals surface area contributed by atoms with E-state index in [0.717, 1.165) is 5.56 Å². The molecule has 5 nitrogen and oxygen atoms in total. The van der Waals surface area contributed by atoms with Gasteiger partial charge in [-0.1, -0.05) is 18.2 Å². The maximum Gasteiger partial charge on any atom is 0.222 e. The first-order valence-electron chi connectivity index (χ1n) is 7.77. The number of halogens is 1. The van der Waals surface area contributed by atoms with E-state index in [0.29, 0.717) is 17.0 Å². The zero-order valence-electron chi connectivity index (χ0n) is 13.6. The number of ketones is 2. The van der Waals surface area contributed by atoms with Crippen molar-refractivity contribution in [1.82, 2.24) is 14.5 Å². The predicted octanol–water partition coefficient (Wildman–Crippen LogP) is 3.32. The molecule has 0 saturated carbocycles. The molecule has 2 aromatic heterocycles. The topological polar surface area (TPSA) is 64.8 Å². The SMILES string of the molecule is Cn1cccc1C(=O)Cc1cccc(C(=O)Cc2ccnc(Cl)n2)c1. The number of hydrogen-bond donors (Lipinski definition) is 0. The van der Waals surface area contributed by atoms with Gasteiger partial charge in [-0.15, -0.1) is 0 Å². The quantitative estimate of drug-likeness (QED) is 0.503. The van der Waals surface area contributed by atoms with E-state index in [2.05, 4.69) is 9.97 Å². The van der Waals surface area contributed by atoms with Crippen LogP contribution >= 0.6 is 11.6 Å². The van der Waals surface area contributed by atoms with Crippen LogP contribution in [-0.2, 0) is 19.9 Å². The standard InChI is InChI=1S/C19H16ClN3O2/c1-23-9-3-6-16(23)18(25)11-13-4-2-5-14(10-13)17(24)12-15-7-8-21-19(20)22-15/h2-10H,11-12H2,1H3. The molecule has 0 N–H and O–H groups in total. The van der Waals surface area contributed by atoms with Crippen molar-refractivity contribution in [1.29, 1.82) is 0 Å². The average molecular weight is 354 g/mol. The Morgan fingerprint density at radius 2 is 1.92 bits per heavy atom. The molecule has 0 bridgehead atoms. The molecule has 0 atom stereocenters. The summed E-state index contributed by atoms with van der Waals surface area (Å²) >= 11 is 5.75. The van der Waals surface area contributed by atoms with Gasteiger partial charge >= 0.3 is 0 Å². The Morgan fingerprint density at radius 1 is 1.08 bits per heavy atom. The van der Waals surface area contributed by atoms with Crippen LogP contribution in [-0.4, -0.2) is 26.1 Å². The van der Waals surface area contributed by atoms with Crippen LogP contribution < -0.4 is 0 Å². The van der Waals surface area contributed by atoms with Crippen molar-refractivity contribution in [3.63, 3.8) is 0 Å². The molecule has 0 spiro atoms. The normalized spacial score (nSPS) is 10.6. The number of hydrogen-bond acceptors (Lipinski definition) is 4. The van der Waals surface area contributed by atoms with E-state index in [9.17, 15) is 9.59 Å². The third-order valence-electron chi connectivity index (χ3n) is 3.87. The summed E-state index contributed by atoms with van der Waals surface area (Å²) in [5, 5.41) is 0.118. The van der Waals surface area contributed by atoms with Gasteiger partial charge in [0.2, 0.25) is 5.28 Å². The van der Waals surface area contributed by atoms with E-state index in [1.165, 1.54) is 6.20 Å². The van der Waals surface area contributed by atoms with Crippen molar-refractivity contribution in [3.05, 3.63) is 82.7 Å². The molecule has 0 aliphatic heterocycles. The maximum atomic E-state index is 12.5. The Bertz CT molecular complexity index is 934. The van der Waals surface area contributed by atoms with Gasteiger partial charge in [0.15, 0.2) is 11.6 Å². The summed E-state index contributed by atoms with van der Waals surface area (Å²) in [6.07, 6.45) is 3.74. The largest absolute Gasteiger partial charge is 0.348 e. The zero-order valence-corrected chi connectivity index (χ0v) is 14.4. The van der Waals surface area contributed by atoms with Gasteiger partial charge in [-0.2, -0.15) is 0 Å². The molecule has 2 heterocycles. The minimum atomic E-state index is -0.0806. The van der Waals surface area contributed by atoms with Gasteiger partial charge < -0.3 is 4.57 Å². The lowest BCUT2D eigenvalue weighted by atomic mass is 10.0. The van der Waals surface area contributed by atoms with E-state index in [1.807, 2.05) is 25.4 Å². The van der Waals surface area contributed by atoms with Crippen LogP contribution in [0.5, 0.6) is 0 Å². The lowest BCUT2D eigenvalue weighted by molar-refractivity contribution is 0.0976. The van der Waals surface area contributed by atoms with Crippen molar-refractivity contribution in [2.24, 2.45) is 7.05 Å². The molecule has 0 fully saturated rings. The number of carbonyl (C=O) groups excluding carboxylic acids is 2. The van der Waals surface area contributed by atoms with Crippen LogP contribution in [0.4, 0.5) is 0 Å². The molecule has 3 rings (SSSR count). The molecule has 0 radical (unpaired) electrons. The highest BCUT2D eigenvalue weighted by Crippen LogP contribution is 2.13. The Hall–Kier alpha value is -2.79. The van der Waals surface area contributed by atoms with Gasteiger partial charge in [0.05, 0.1) is 17.8 Å². The summed E-state index contributed by atoms with van der Waals surface area (Å²) in [6, 6.07) is 12.4. The number of aromatic nitrogens is 3. The molecule has 126 valence electrons. The molecular formula is C19H16ClN3O2. The van der Waals surface area contributed by atoms with Crippen molar-refractivity contribution in [2.45, 2.75) is 12.8 Å². The molecule has 6 heteroatoms. The summed E-state index contributed by atoms with van der Waals surface area (Å²) in [4.78, 5) is 32.7. The van der Waals surface area contributed by atoms with Crippen LogP contribution in [0.15, 0.2) is 54.9 Å². The highest BCUT2D eigenvalue weighted by Gasteiger charge is 2.13. The van der Waals surface area contributed by atoms with E-state index in [-0.39, 0.29) is 29.7 Å². The molecule has 0 aliphatic rings. The third kappa shape index (κ3) is 4.19. The van der Waals surface area contributed by atoms with Crippen molar-refractivity contribution < 1.29 is 9.59 Å². The Labute approximate surface area is 150 Å². The Balaban J connectivity index is 1.74. The Kier molecular flexibility index (Phi) is 5.05. The highest BCUT2D eigenvalue weighted by molar-refractivity contribution is 6.28. The van der Waals surface area contributed by atoms with E-state index >= 15 is 0 Å². The first-order valence-corrected chi connectivity index (χ1v) is 8.15. The lowest BCUT2D eigenvalue weighted by Crippen LogP contribution is -2.10. The summed E-state index contributed by atoms with van der Waals surface area (Å²) in [7, 11) is 1.83. The Morgan fingerprint density at radius 3 is 2.64 bits per heavy atom. The van der Waals surface area contributed by atoms with Crippen molar-refractivity contribution in [2.75, 3.05) is 0 Å². The summed E-state index contributed by atoms with van der Waals surface area (Å²) < 4.78 is 1.79. The van der Waals surface area contributed by atoms with Gasteiger partial charge in [-0.05, 0) is 41.4 Å². The van der Waals surface area contributed by atoms with Gasteiger partial charge in [-0.25, -0.2) is 9.97 Å². The minimum Gasteiger partial charge on any atom is -0.348 e. The van der Waals surface area contributed by atoms with E-state index in [4.69, 9.17) is 11.6 Å². The molecule has 0 aliphatic carbocycles. The third-order valence-corrected chi connectivity index (χ3v) is 4.05. The number of carbonyl (C=O) groups is 2. The van der Waals surface area contributed by atoms with Crippen LogP contribution in [0.3, 0.4) is 0 Å². The fraction of sp³-hybridized carbons (Fsp3) is 0.158. The molecule has 3 aromatic rings. The van der Waals surface area contributed by atoms with Crippen LogP contribution in [0.2, 0.25) is 5.28 Å². The fourth-order valence-electron chi connectivity index (χ4n) is 2.62. The number of benzene rings is 1. The first-order chi connectivity index (χ1) is 12.0. The molecule has 0 amide bonds. The summed E-state index contributed by atoms with van der Waals surface area (Å²) in [5.74, 6) is -0.0670. The van der Waals surface area contributed by atoms with Crippen LogP contribution in [0.1, 0.15) is 32.1 Å². The molecule has 25 heavy (non-hydrogen) atoms. The first kappa shape index (κ1) is 17.0. The van der Waals surface area contributed by atoms with Crippen molar-refractivity contribution in [3.8, 4) is 0 Å². The molecule has 0 saturated heterocycles. The molecule has 1 aromatic carbocycles. The predicted molar refractivity (Wildman–Crippen MR) is 95.0 cm³/mol. The average Bonchev–Trinajstić information content (AvgIpc) is 3.01.